The minimum atomic E-state index is -0.107. The summed E-state index contributed by atoms with van der Waals surface area (Å²) in [7, 11) is 0. The lowest BCUT2D eigenvalue weighted by atomic mass is 9.87. The fraction of sp³-hybridized carbons (Fsp3) is 0.333. The Morgan fingerprint density at radius 3 is 2.29 bits per heavy atom. The molecule has 0 aliphatic carbocycles. The smallest absolute Gasteiger partial charge is 0.217 e. The Bertz CT molecular complexity index is 1160. The first kappa shape index (κ1) is 25.4. The highest BCUT2D eigenvalue weighted by Crippen LogP contribution is 2.28. The molecule has 1 aromatic heterocycles. The fourth-order valence-corrected chi connectivity index (χ4v) is 4.42. The molecule has 1 heterocycles. The Labute approximate surface area is 205 Å². The number of ketones is 1. The molecule has 0 radical (unpaired) electrons. The minimum absolute atomic E-state index is 0.00737. The molecule has 7 heteroatoms. The molecule has 178 valence electrons. The zero-order valence-corrected chi connectivity index (χ0v) is 21.3. The summed E-state index contributed by atoms with van der Waals surface area (Å²) < 4.78 is 1.98. The molecule has 1 unspecified atom stereocenters. The van der Waals surface area contributed by atoms with Gasteiger partial charge in [-0.3, -0.25) is 14.2 Å². The quantitative estimate of drug-likeness (QED) is 0.247. The van der Waals surface area contributed by atoms with Gasteiger partial charge in [-0.2, -0.15) is 0 Å². The number of nitrogens with zero attached hydrogens (tertiary/aromatic N) is 3. The van der Waals surface area contributed by atoms with Crippen LogP contribution in [0.25, 0.3) is 11.4 Å². The number of carbonyl (C=O) groups is 2. The first-order chi connectivity index (χ1) is 16.1. The first-order valence-corrected chi connectivity index (χ1v) is 12.3. The van der Waals surface area contributed by atoms with E-state index in [1.54, 1.807) is 18.2 Å². The van der Waals surface area contributed by atoms with E-state index in [0.717, 1.165) is 17.0 Å². The van der Waals surface area contributed by atoms with Gasteiger partial charge in [0.2, 0.25) is 5.91 Å². The van der Waals surface area contributed by atoms with Crippen LogP contribution in [0, 0.1) is 0 Å². The lowest BCUT2D eigenvalue weighted by Gasteiger charge is -2.19. The van der Waals surface area contributed by atoms with Gasteiger partial charge in [0, 0.05) is 24.6 Å². The number of thioether (sulfide) groups is 1. The van der Waals surface area contributed by atoms with Crippen molar-refractivity contribution in [2.45, 2.75) is 57.8 Å². The summed E-state index contributed by atoms with van der Waals surface area (Å²) in [6.45, 7) is 14.4. The van der Waals surface area contributed by atoms with Crippen molar-refractivity contribution in [3.05, 3.63) is 77.9 Å². The van der Waals surface area contributed by atoms with E-state index in [4.69, 9.17) is 0 Å². The van der Waals surface area contributed by atoms with E-state index in [9.17, 15) is 9.59 Å². The number of aromatic nitrogens is 3. The topological polar surface area (TPSA) is 76.9 Å². The SMILES string of the molecule is C=CCn1c(SCC(=O)c2ccc(C(C)NC(C)=O)cc2)nnc1-c1ccc(C(C)(C)C)cc1. The van der Waals surface area contributed by atoms with Crippen molar-refractivity contribution in [2.24, 2.45) is 0 Å². The van der Waals surface area contributed by atoms with E-state index >= 15 is 0 Å². The molecule has 3 aromatic rings. The van der Waals surface area contributed by atoms with E-state index in [0.29, 0.717) is 17.3 Å². The average Bonchev–Trinajstić information content (AvgIpc) is 3.19. The van der Waals surface area contributed by atoms with Crippen LogP contribution >= 0.6 is 11.8 Å². The summed E-state index contributed by atoms with van der Waals surface area (Å²) in [5.74, 6) is 0.926. The summed E-state index contributed by atoms with van der Waals surface area (Å²) in [6.07, 6.45) is 1.80. The predicted octanol–water partition coefficient (Wildman–Crippen LogP) is 5.60. The predicted molar refractivity (Wildman–Crippen MR) is 138 cm³/mol. The lowest BCUT2D eigenvalue weighted by Crippen LogP contribution is -2.23. The molecule has 0 spiro atoms. The number of carbonyl (C=O) groups excluding carboxylic acids is 2. The van der Waals surface area contributed by atoms with Gasteiger partial charge in [0.1, 0.15) is 0 Å². The molecular formula is C27H32N4O2S. The van der Waals surface area contributed by atoms with Crippen molar-refractivity contribution >= 4 is 23.5 Å². The van der Waals surface area contributed by atoms with Crippen LogP contribution in [-0.2, 0) is 16.8 Å². The molecule has 1 atom stereocenters. The Balaban J connectivity index is 1.72. The largest absolute Gasteiger partial charge is 0.350 e. The summed E-state index contributed by atoms with van der Waals surface area (Å²) in [4.78, 5) is 24.0. The monoisotopic (exact) mass is 476 g/mol. The highest BCUT2D eigenvalue weighted by molar-refractivity contribution is 7.99. The number of hydrogen-bond donors (Lipinski definition) is 1. The van der Waals surface area contributed by atoms with Crippen LogP contribution in [0.5, 0.6) is 0 Å². The number of rotatable bonds is 9. The van der Waals surface area contributed by atoms with Crippen molar-refractivity contribution < 1.29 is 9.59 Å². The van der Waals surface area contributed by atoms with Gasteiger partial charge in [-0.25, -0.2) is 0 Å². The van der Waals surface area contributed by atoms with E-state index in [1.807, 2.05) is 23.6 Å². The molecule has 0 fully saturated rings. The minimum Gasteiger partial charge on any atom is -0.350 e. The van der Waals surface area contributed by atoms with E-state index in [-0.39, 0.29) is 28.9 Å². The normalized spacial score (nSPS) is 12.3. The third-order valence-electron chi connectivity index (χ3n) is 5.52. The van der Waals surface area contributed by atoms with Gasteiger partial charge in [-0.15, -0.1) is 16.8 Å². The summed E-state index contributed by atoms with van der Waals surface area (Å²) in [6, 6.07) is 15.6. The van der Waals surface area contributed by atoms with Gasteiger partial charge >= 0.3 is 0 Å². The second-order valence-electron chi connectivity index (χ2n) is 9.29. The van der Waals surface area contributed by atoms with E-state index in [1.165, 1.54) is 24.2 Å². The highest BCUT2D eigenvalue weighted by atomic mass is 32.2. The maximum absolute atomic E-state index is 12.8. The van der Waals surface area contributed by atoms with Crippen LogP contribution in [0.15, 0.2) is 66.3 Å². The Hall–Kier alpha value is -3.19. The first-order valence-electron chi connectivity index (χ1n) is 11.3. The third-order valence-corrected chi connectivity index (χ3v) is 6.49. The van der Waals surface area contributed by atoms with Crippen molar-refractivity contribution in [1.29, 1.82) is 0 Å². The third kappa shape index (κ3) is 6.23. The molecule has 34 heavy (non-hydrogen) atoms. The van der Waals surface area contributed by atoms with Crippen LogP contribution in [-0.4, -0.2) is 32.2 Å². The molecule has 1 N–H and O–H groups in total. The summed E-state index contributed by atoms with van der Waals surface area (Å²) in [5, 5.41) is 12.3. The maximum atomic E-state index is 12.8. The van der Waals surface area contributed by atoms with Crippen LogP contribution in [0.2, 0.25) is 0 Å². The Morgan fingerprint density at radius 1 is 1.09 bits per heavy atom. The molecule has 0 saturated carbocycles. The van der Waals surface area contributed by atoms with Crippen molar-refractivity contribution in [2.75, 3.05) is 5.75 Å². The second-order valence-corrected chi connectivity index (χ2v) is 10.2. The van der Waals surface area contributed by atoms with Gasteiger partial charge in [-0.05, 0) is 23.5 Å². The second kappa shape index (κ2) is 10.8. The molecular weight excluding hydrogens is 444 g/mol. The molecule has 0 aliphatic heterocycles. The molecule has 1 amide bonds. The van der Waals surface area contributed by atoms with Crippen molar-refractivity contribution in [3.63, 3.8) is 0 Å². The zero-order chi connectivity index (χ0) is 24.9. The van der Waals surface area contributed by atoms with Gasteiger partial charge < -0.3 is 5.32 Å². The van der Waals surface area contributed by atoms with Crippen molar-refractivity contribution in [3.8, 4) is 11.4 Å². The van der Waals surface area contributed by atoms with Crippen LogP contribution in [0.1, 0.15) is 62.1 Å². The average molecular weight is 477 g/mol. The number of Topliss-reactive ketones (excluding diaryl/α,β-unsaturated/α-hetero) is 1. The number of hydrogen-bond acceptors (Lipinski definition) is 5. The lowest BCUT2D eigenvalue weighted by molar-refractivity contribution is -0.119. The van der Waals surface area contributed by atoms with Gasteiger partial charge in [-0.1, -0.05) is 87.1 Å². The molecule has 0 aliphatic rings. The zero-order valence-electron chi connectivity index (χ0n) is 20.5. The standard InChI is InChI=1S/C27H32N4O2S/c1-7-16-31-25(22-12-14-23(15-13-22)27(4,5)6)29-30-26(31)34-17-24(33)21-10-8-20(9-11-21)18(2)28-19(3)32/h7-15,18H,1,16-17H2,2-6H3,(H,28,32). The molecule has 0 saturated heterocycles. The number of benzene rings is 2. The molecule has 6 nitrogen and oxygen atoms in total. The van der Waals surface area contributed by atoms with E-state index in [2.05, 4.69) is 67.1 Å². The number of allylic oxidation sites excluding steroid dienone is 1. The van der Waals surface area contributed by atoms with Crippen LogP contribution < -0.4 is 5.32 Å². The van der Waals surface area contributed by atoms with Crippen molar-refractivity contribution in [1.82, 2.24) is 20.1 Å². The molecule has 0 bridgehead atoms. The van der Waals surface area contributed by atoms with E-state index < -0.39 is 0 Å². The van der Waals surface area contributed by atoms with Gasteiger partial charge in [0.25, 0.3) is 0 Å². The van der Waals surface area contributed by atoms with Gasteiger partial charge in [0.15, 0.2) is 16.8 Å². The van der Waals surface area contributed by atoms with Crippen LogP contribution in [0.4, 0.5) is 0 Å². The summed E-state index contributed by atoms with van der Waals surface area (Å²) >= 11 is 1.37. The molecule has 2 aromatic carbocycles. The highest BCUT2D eigenvalue weighted by Gasteiger charge is 2.18. The number of nitrogens with one attached hydrogen (secondary N) is 1. The maximum Gasteiger partial charge on any atom is 0.217 e. The fourth-order valence-electron chi connectivity index (χ4n) is 3.58. The Kier molecular flexibility index (Phi) is 8.10. The van der Waals surface area contributed by atoms with Crippen LogP contribution in [0.3, 0.4) is 0 Å². The summed E-state index contributed by atoms with van der Waals surface area (Å²) in [5.41, 5.74) is 3.88. The molecule has 3 rings (SSSR count). The van der Waals surface area contributed by atoms with Gasteiger partial charge in [0.05, 0.1) is 11.8 Å². The number of amides is 1. The Morgan fingerprint density at radius 2 is 1.74 bits per heavy atom.